The molecule has 1 N–H and O–H groups in total. The maximum Gasteiger partial charge on any atom is 0.238 e. The van der Waals surface area contributed by atoms with Gasteiger partial charge >= 0.3 is 0 Å². The van der Waals surface area contributed by atoms with E-state index >= 15 is 0 Å². The van der Waals surface area contributed by atoms with Crippen LogP contribution < -0.4 is 5.32 Å². The maximum absolute atomic E-state index is 11.6. The number of hydrogen-bond acceptors (Lipinski definition) is 3. The van der Waals surface area contributed by atoms with Crippen LogP contribution >= 0.6 is 11.8 Å². The summed E-state index contributed by atoms with van der Waals surface area (Å²) in [6.07, 6.45) is 2.50. The summed E-state index contributed by atoms with van der Waals surface area (Å²) in [5, 5.41) is 3.25. The van der Waals surface area contributed by atoms with E-state index in [0.29, 0.717) is 24.7 Å². The summed E-state index contributed by atoms with van der Waals surface area (Å²) in [5.41, 5.74) is 0. The fraction of sp³-hybridized carbons (Fsp3) is 0.889. The fourth-order valence-electron chi connectivity index (χ4n) is 2.11. The normalized spacial score (nSPS) is 34.5. The van der Waals surface area contributed by atoms with E-state index in [1.165, 1.54) is 12.2 Å². The highest BCUT2D eigenvalue weighted by Crippen LogP contribution is 2.25. The van der Waals surface area contributed by atoms with Gasteiger partial charge in [0.25, 0.3) is 0 Å². The summed E-state index contributed by atoms with van der Waals surface area (Å²) in [6, 6.07) is 0.498. The van der Waals surface area contributed by atoms with Gasteiger partial charge < -0.3 is 4.90 Å². The van der Waals surface area contributed by atoms with Crippen molar-refractivity contribution in [2.24, 2.45) is 0 Å². The van der Waals surface area contributed by atoms with E-state index in [1.807, 2.05) is 11.8 Å². The molecule has 74 valence electrons. The molecule has 0 aromatic rings. The van der Waals surface area contributed by atoms with Crippen molar-refractivity contribution in [3.05, 3.63) is 0 Å². The van der Waals surface area contributed by atoms with E-state index in [2.05, 4.69) is 17.1 Å². The number of thioether (sulfide) groups is 1. The quantitative estimate of drug-likeness (QED) is 0.710. The summed E-state index contributed by atoms with van der Waals surface area (Å²) < 4.78 is 0. The molecule has 0 aliphatic carbocycles. The van der Waals surface area contributed by atoms with Gasteiger partial charge in [-0.1, -0.05) is 6.92 Å². The molecule has 0 spiro atoms. The maximum atomic E-state index is 11.6. The van der Waals surface area contributed by atoms with Gasteiger partial charge in [-0.2, -0.15) is 11.8 Å². The van der Waals surface area contributed by atoms with Crippen LogP contribution in [0.5, 0.6) is 0 Å². The van der Waals surface area contributed by atoms with Crippen LogP contribution in [0.2, 0.25) is 0 Å². The number of carbonyl (C=O) groups is 1. The van der Waals surface area contributed by atoms with E-state index in [1.54, 1.807) is 0 Å². The van der Waals surface area contributed by atoms with Gasteiger partial charge in [0.15, 0.2) is 0 Å². The van der Waals surface area contributed by atoms with Gasteiger partial charge in [0.2, 0.25) is 5.91 Å². The summed E-state index contributed by atoms with van der Waals surface area (Å²) in [6.45, 7) is 2.67. The third kappa shape index (κ3) is 1.70. The molecule has 2 atom stereocenters. The molecule has 0 aromatic carbocycles. The molecular formula is C9H16N2OS. The van der Waals surface area contributed by atoms with Crippen LogP contribution in [-0.4, -0.2) is 41.1 Å². The number of nitrogens with one attached hydrogen (secondary N) is 1. The number of nitrogens with zero attached hydrogens (tertiary/aromatic N) is 1. The Morgan fingerprint density at radius 1 is 1.69 bits per heavy atom. The monoisotopic (exact) mass is 200 g/mol. The number of rotatable bonds is 2. The molecule has 2 saturated heterocycles. The smallest absolute Gasteiger partial charge is 0.238 e. The first kappa shape index (κ1) is 9.34. The van der Waals surface area contributed by atoms with Crippen LogP contribution in [0, 0.1) is 0 Å². The van der Waals surface area contributed by atoms with Crippen LogP contribution in [-0.2, 0) is 4.79 Å². The van der Waals surface area contributed by atoms with Crippen molar-refractivity contribution in [3.8, 4) is 0 Å². The standard InChI is InChI=1S/C9H16N2OS/c1-2-8-10-5-9(12)11(8)7-3-4-13-6-7/h7-8,10H,2-6H2,1H3. The Morgan fingerprint density at radius 3 is 3.15 bits per heavy atom. The Bertz CT molecular complexity index is 204. The van der Waals surface area contributed by atoms with Crippen molar-refractivity contribution in [1.29, 1.82) is 0 Å². The van der Waals surface area contributed by atoms with Gasteiger partial charge in [-0.15, -0.1) is 0 Å². The highest BCUT2D eigenvalue weighted by Gasteiger charge is 2.35. The lowest BCUT2D eigenvalue weighted by atomic mass is 10.2. The molecule has 2 unspecified atom stereocenters. The Labute approximate surface area is 83.2 Å². The number of carbonyl (C=O) groups excluding carboxylic acids is 1. The van der Waals surface area contributed by atoms with Gasteiger partial charge in [0.05, 0.1) is 12.7 Å². The molecule has 0 saturated carbocycles. The minimum Gasteiger partial charge on any atom is -0.322 e. The molecule has 3 nitrogen and oxygen atoms in total. The molecule has 1 amide bonds. The molecule has 13 heavy (non-hydrogen) atoms. The molecule has 0 radical (unpaired) electrons. The topological polar surface area (TPSA) is 32.3 Å². The van der Waals surface area contributed by atoms with Crippen molar-refractivity contribution < 1.29 is 4.79 Å². The van der Waals surface area contributed by atoms with Gasteiger partial charge in [-0.25, -0.2) is 0 Å². The summed E-state index contributed by atoms with van der Waals surface area (Å²) >= 11 is 1.96. The lowest BCUT2D eigenvalue weighted by Gasteiger charge is -2.28. The Kier molecular flexibility index (Phi) is 2.79. The molecule has 2 aliphatic rings. The van der Waals surface area contributed by atoms with Crippen LogP contribution in [0.1, 0.15) is 19.8 Å². The van der Waals surface area contributed by atoms with Crippen LogP contribution in [0.3, 0.4) is 0 Å². The fourth-order valence-corrected chi connectivity index (χ4v) is 3.31. The lowest BCUT2D eigenvalue weighted by Crippen LogP contribution is -2.44. The Morgan fingerprint density at radius 2 is 2.54 bits per heavy atom. The van der Waals surface area contributed by atoms with E-state index in [0.717, 1.165) is 12.2 Å². The predicted molar refractivity (Wildman–Crippen MR) is 54.7 cm³/mol. The van der Waals surface area contributed by atoms with E-state index < -0.39 is 0 Å². The summed E-state index contributed by atoms with van der Waals surface area (Å²) in [7, 11) is 0. The first-order valence-electron chi connectivity index (χ1n) is 4.95. The first-order chi connectivity index (χ1) is 6.33. The Hall–Kier alpha value is -0.220. The second-order valence-corrected chi connectivity index (χ2v) is 4.77. The van der Waals surface area contributed by atoms with Gasteiger partial charge in [-0.3, -0.25) is 10.1 Å². The highest BCUT2D eigenvalue weighted by atomic mass is 32.2. The first-order valence-corrected chi connectivity index (χ1v) is 6.10. The lowest BCUT2D eigenvalue weighted by molar-refractivity contribution is -0.129. The second-order valence-electron chi connectivity index (χ2n) is 3.62. The average Bonchev–Trinajstić information content (AvgIpc) is 2.72. The Balaban J connectivity index is 2.04. The zero-order valence-electron chi connectivity index (χ0n) is 7.95. The largest absolute Gasteiger partial charge is 0.322 e. The van der Waals surface area contributed by atoms with Gasteiger partial charge in [0, 0.05) is 11.8 Å². The second kappa shape index (κ2) is 3.88. The predicted octanol–water partition coefficient (Wildman–Crippen LogP) is 0.660. The SMILES string of the molecule is CCC1NCC(=O)N1C1CCSC1. The van der Waals surface area contributed by atoms with E-state index in [4.69, 9.17) is 0 Å². The number of amides is 1. The van der Waals surface area contributed by atoms with Crippen molar-refractivity contribution in [2.75, 3.05) is 18.1 Å². The highest BCUT2D eigenvalue weighted by molar-refractivity contribution is 7.99. The van der Waals surface area contributed by atoms with Crippen molar-refractivity contribution in [2.45, 2.75) is 32.0 Å². The number of hydrogen-bond donors (Lipinski definition) is 1. The van der Waals surface area contributed by atoms with Crippen molar-refractivity contribution in [3.63, 3.8) is 0 Å². The minimum absolute atomic E-state index is 0.291. The summed E-state index contributed by atoms with van der Waals surface area (Å²) in [4.78, 5) is 13.7. The summed E-state index contributed by atoms with van der Waals surface area (Å²) in [5.74, 6) is 2.63. The molecule has 0 bridgehead atoms. The van der Waals surface area contributed by atoms with E-state index in [-0.39, 0.29) is 0 Å². The molecular weight excluding hydrogens is 184 g/mol. The van der Waals surface area contributed by atoms with Crippen LogP contribution in [0.4, 0.5) is 0 Å². The van der Waals surface area contributed by atoms with Crippen LogP contribution in [0.15, 0.2) is 0 Å². The average molecular weight is 200 g/mol. The molecule has 2 fully saturated rings. The molecule has 4 heteroatoms. The molecule has 2 aliphatic heterocycles. The third-order valence-electron chi connectivity index (χ3n) is 2.80. The van der Waals surface area contributed by atoms with Gasteiger partial charge in [0.1, 0.15) is 0 Å². The zero-order chi connectivity index (χ0) is 9.26. The molecule has 0 aromatic heterocycles. The van der Waals surface area contributed by atoms with Crippen molar-refractivity contribution >= 4 is 17.7 Å². The van der Waals surface area contributed by atoms with Crippen LogP contribution in [0.25, 0.3) is 0 Å². The zero-order valence-corrected chi connectivity index (χ0v) is 8.77. The minimum atomic E-state index is 0.291. The molecule has 2 heterocycles. The van der Waals surface area contributed by atoms with E-state index in [9.17, 15) is 4.79 Å². The third-order valence-corrected chi connectivity index (χ3v) is 3.94. The van der Waals surface area contributed by atoms with Crippen molar-refractivity contribution in [1.82, 2.24) is 10.2 Å². The molecule has 2 rings (SSSR count). The van der Waals surface area contributed by atoms with Gasteiger partial charge in [-0.05, 0) is 18.6 Å².